The van der Waals surface area contributed by atoms with Crippen molar-refractivity contribution in [1.82, 2.24) is 10.6 Å². The van der Waals surface area contributed by atoms with E-state index in [1.54, 1.807) is 0 Å². The lowest BCUT2D eigenvalue weighted by molar-refractivity contribution is -0.129. The Labute approximate surface area is 115 Å². The van der Waals surface area contributed by atoms with E-state index in [1.807, 2.05) is 13.8 Å². The van der Waals surface area contributed by atoms with Crippen molar-refractivity contribution >= 4 is 11.8 Å². The molecule has 0 bridgehead atoms. The number of amides is 2. The van der Waals surface area contributed by atoms with Crippen LogP contribution in [0.1, 0.15) is 46.5 Å². The molecular weight excluding hydrogens is 244 g/mol. The van der Waals surface area contributed by atoms with Gasteiger partial charge in [0.2, 0.25) is 11.8 Å². The fourth-order valence-corrected chi connectivity index (χ4v) is 2.58. The highest BCUT2D eigenvalue weighted by molar-refractivity contribution is 5.87. The molecule has 1 aliphatic rings. The van der Waals surface area contributed by atoms with Crippen molar-refractivity contribution in [1.29, 1.82) is 0 Å². The van der Waals surface area contributed by atoms with Gasteiger partial charge in [-0.05, 0) is 24.7 Å². The predicted molar refractivity (Wildman–Crippen MR) is 73.4 cm³/mol. The first-order valence-electron chi connectivity index (χ1n) is 7.14. The monoisotopic (exact) mass is 270 g/mol. The molecule has 1 aliphatic carbocycles. The summed E-state index contributed by atoms with van der Waals surface area (Å²) in [6.07, 6.45) is 3.93. The number of carbonyl (C=O) groups is 2. The number of aliphatic hydroxyl groups excluding tert-OH is 1. The van der Waals surface area contributed by atoms with Gasteiger partial charge in [0.25, 0.3) is 0 Å². The van der Waals surface area contributed by atoms with E-state index >= 15 is 0 Å². The largest absolute Gasteiger partial charge is 0.391 e. The maximum Gasteiger partial charge on any atom is 0.242 e. The second-order valence-corrected chi connectivity index (χ2v) is 5.78. The molecule has 2 unspecified atom stereocenters. The molecule has 0 spiro atoms. The van der Waals surface area contributed by atoms with Gasteiger partial charge in [0.1, 0.15) is 6.04 Å². The minimum atomic E-state index is -0.534. The first-order valence-corrected chi connectivity index (χ1v) is 7.14. The van der Waals surface area contributed by atoms with Crippen molar-refractivity contribution in [2.75, 3.05) is 6.54 Å². The molecule has 0 aliphatic heterocycles. The molecule has 1 saturated carbocycles. The lowest BCUT2D eigenvalue weighted by atomic mass is 10.00. The number of nitrogens with one attached hydrogen (secondary N) is 2. The average Bonchev–Trinajstić information content (AvgIpc) is 2.85. The molecule has 0 aromatic heterocycles. The first-order chi connectivity index (χ1) is 8.91. The number of aliphatic hydroxyl groups is 1. The van der Waals surface area contributed by atoms with Gasteiger partial charge in [-0.1, -0.05) is 26.7 Å². The summed E-state index contributed by atoms with van der Waals surface area (Å²) < 4.78 is 0. The minimum absolute atomic E-state index is 0.0209. The molecule has 0 radical (unpaired) electrons. The van der Waals surface area contributed by atoms with Gasteiger partial charge < -0.3 is 15.7 Å². The molecule has 3 N–H and O–H groups in total. The van der Waals surface area contributed by atoms with Crippen molar-refractivity contribution in [3.05, 3.63) is 0 Å². The highest BCUT2D eigenvalue weighted by Crippen LogP contribution is 2.27. The summed E-state index contributed by atoms with van der Waals surface area (Å²) in [5.41, 5.74) is 0. The van der Waals surface area contributed by atoms with Crippen LogP contribution in [0.2, 0.25) is 0 Å². The smallest absolute Gasteiger partial charge is 0.242 e. The fourth-order valence-electron chi connectivity index (χ4n) is 2.58. The zero-order valence-corrected chi connectivity index (χ0v) is 12.1. The third kappa shape index (κ3) is 5.19. The summed E-state index contributed by atoms with van der Waals surface area (Å²) in [5, 5.41) is 15.4. The zero-order valence-electron chi connectivity index (χ0n) is 12.1. The average molecular weight is 270 g/mol. The molecule has 2 atom stereocenters. The number of hydrogen-bond donors (Lipinski definition) is 3. The van der Waals surface area contributed by atoms with Crippen LogP contribution in [0.5, 0.6) is 0 Å². The summed E-state index contributed by atoms with van der Waals surface area (Å²) >= 11 is 0. The standard InChI is InChI=1S/C14H26N2O3/c1-9(2)13(16-10(3)17)14(19)15-8-12(18)11-6-4-5-7-11/h9,11-13,18H,4-8H2,1-3H3,(H,15,19)(H,16,17). The number of rotatable bonds is 6. The molecule has 0 aromatic carbocycles. The van der Waals surface area contributed by atoms with E-state index in [-0.39, 0.29) is 24.3 Å². The van der Waals surface area contributed by atoms with Crippen molar-refractivity contribution in [2.45, 2.75) is 58.6 Å². The Kier molecular flexibility index (Phi) is 6.28. The van der Waals surface area contributed by atoms with Gasteiger partial charge in [0, 0.05) is 13.5 Å². The van der Waals surface area contributed by atoms with E-state index in [1.165, 1.54) is 6.92 Å². The third-order valence-corrected chi connectivity index (χ3v) is 3.74. The molecule has 1 fully saturated rings. The molecule has 2 amide bonds. The molecule has 5 heteroatoms. The Bertz CT molecular complexity index is 312. The molecule has 0 heterocycles. The van der Waals surface area contributed by atoms with Crippen LogP contribution in [0.3, 0.4) is 0 Å². The van der Waals surface area contributed by atoms with Crippen molar-refractivity contribution in [3.8, 4) is 0 Å². The van der Waals surface area contributed by atoms with Gasteiger partial charge in [0.05, 0.1) is 6.10 Å². The zero-order chi connectivity index (χ0) is 14.4. The lowest BCUT2D eigenvalue weighted by Gasteiger charge is -2.23. The minimum Gasteiger partial charge on any atom is -0.391 e. The van der Waals surface area contributed by atoms with Gasteiger partial charge in [0.15, 0.2) is 0 Å². The van der Waals surface area contributed by atoms with Crippen LogP contribution in [0.15, 0.2) is 0 Å². The maximum absolute atomic E-state index is 12.0. The van der Waals surface area contributed by atoms with Gasteiger partial charge in [-0.2, -0.15) is 0 Å². The normalized spacial score (nSPS) is 19.2. The molecular formula is C14H26N2O3. The maximum atomic E-state index is 12.0. The lowest BCUT2D eigenvalue weighted by Crippen LogP contribution is -2.50. The second kappa shape index (κ2) is 7.48. The van der Waals surface area contributed by atoms with Crippen LogP contribution >= 0.6 is 0 Å². The van der Waals surface area contributed by atoms with Gasteiger partial charge in [-0.15, -0.1) is 0 Å². The summed E-state index contributed by atoms with van der Waals surface area (Å²) in [5.74, 6) is -0.112. The number of carbonyl (C=O) groups excluding carboxylic acids is 2. The Morgan fingerprint density at radius 2 is 1.84 bits per heavy atom. The Hall–Kier alpha value is -1.10. The van der Waals surface area contributed by atoms with E-state index in [0.29, 0.717) is 5.92 Å². The van der Waals surface area contributed by atoms with Crippen LogP contribution in [0.4, 0.5) is 0 Å². The van der Waals surface area contributed by atoms with Crippen LogP contribution in [0.25, 0.3) is 0 Å². The Morgan fingerprint density at radius 1 is 1.26 bits per heavy atom. The summed E-state index contributed by atoms with van der Waals surface area (Å²) in [4.78, 5) is 23.1. The highest BCUT2D eigenvalue weighted by Gasteiger charge is 2.26. The van der Waals surface area contributed by atoms with Crippen LogP contribution in [-0.4, -0.2) is 35.6 Å². The predicted octanol–water partition coefficient (Wildman–Crippen LogP) is 0.814. The quantitative estimate of drug-likeness (QED) is 0.668. The van der Waals surface area contributed by atoms with Crippen molar-refractivity contribution in [3.63, 3.8) is 0 Å². The third-order valence-electron chi connectivity index (χ3n) is 3.74. The molecule has 1 rings (SSSR count). The van der Waals surface area contributed by atoms with Crippen LogP contribution in [0, 0.1) is 11.8 Å². The van der Waals surface area contributed by atoms with Crippen molar-refractivity contribution < 1.29 is 14.7 Å². The van der Waals surface area contributed by atoms with E-state index in [4.69, 9.17) is 0 Å². The molecule has 110 valence electrons. The molecule has 5 nitrogen and oxygen atoms in total. The van der Waals surface area contributed by atoms with E-state index in [9.17, 15) is 14.7 Å². The van der Waals surface area contributed by atoms with E-state index in [2.05, 4.69) is 10.6 Å². The Morgan fingerprint density at radius 3 is 2.32 bits per heavy atom. The first kappa shape index (κ1) is 16.0. The van der Waals surface area contributed by atoms with E-state index < -0.39 is 12.1 Å². The summed E-state index contributed by atoms with van der Waals surface area (Å²) in [6.45, 7) is 5.43. The number of hydrogen-bond acceptors (Lipinski definition) is 3. The SMILES string of the molecule is CC(=O)NC(C(=O)NCC(O)C1CCCC1)C(C)C. The second-order valence-electron chi connectivity index (χ2n) is 5.78. The van der Waals surface area contributed by atoms with Crippen LogP contribution in [-0.2, 0) is 9.59 Å². The van der Waals surface area contributed by atoms with Gasteiger partial charge in [-0.3, -0.25) is 9.59 Å². The van der Waals surface area contributed by atoms with Crippen molar-refractivity contribution in [2.24, 2.45) is 11.8 Å². The topological polar surface area (TPSA) is 78.4 Å². The fraction of sp³-hybridized carbons (Fsp3) is 0.857. The van der Waals surface area contributed by atoms with Crippen LogP contribution < -0.4 is 10.6 Å². The molecule has 0 saturated heterocycles. The molecule has 0 aromatic rings. The summed E-state index contributed by atoms with van der Waals surface area (Å²) in [6, 6.07) is -0.534. The van der Waals surface area contributed by atoms with E-state index in [0.717, 1.165) is 25.7 Å². The van der Waals surface area contributed by atoms with Gasteiger partial charge in [-0.25, -0.2) is 0 Å². The summed E-state index contributed by atoms with van der Waals surface area (Å²) in [7, 11) is 0. The molecule has 19 heavy (non-hydrogen) atoms. The van der Waals surface area contributed by atoms with Gasteiger partial charge >= 0.3 is 0 Å². The Balaban J connectivity index is 2.40. The highest BCUT2D eigenvalue weighted by atomic mass is 16.3.